The molecule has 1 N–H and O–H groups in total. The van der Waals surface area contributed by atoms with E-state index in [1.165, 1.54) is 6.92 Å². The van der Waals surface area contributed by atoms with E-state index in [0.717, 1.165) is 12.1 Å². The van der Waals surface area contributed by atoms with Crippen LogP contribution in [0.1, 0.15) is 60.9 Å². The number of fused-ring (bicyclic) bond motifs is 1. The highest BCUT2D eigenvalue weighted by molar-refractivity contribution is 5.98. The molecular formula is C24H28F4N6O2. The molecule has 0 spiro atoms. The zero-order valence-electron chi connectivity index (χ0n) is 20.5. The second kappa shape index (κ2) is 9.55. The van der Waals surface area contributed by atoms with E-state index in [9.17, 15) is 27.2 Å². The van der Waals surface area contributed by atoms with Crippen molar-refractivity contribution in [3.05, 3.63) is 46.4 Å². The topological polar surface area (TPSA) is 81.7 Å². The van der Waals surface area contributed by atoms with Crippen LogP contribution in [0.25, 0.3) is 0 Å². The summed E-state index contributed by atoms with van der Waals surface area (Å²) in [6.45, 7) is 9.06. The van der Waals surface area contributed by atoms with Gasteiger partial charge in [-0.05, 0) is 32.9 Å². The van der Waals surface area contributed by atoms with Crippen LogP contribution in [-0.2, 0) is 17.5 Å². The smallest absolute Gasteiger partial charge is 0.363 e. The zero-order chi connectivity index (χ0) is 26.4. The first-order valence-corrected chi connectivity index (χ1v) is 11.7. The van der Waals surface area contributed by atoms with Crippen molar-refractivity contribution in [1.29, 1.82) is 0 Å². The molecular weight excluding hydrogens is 480 g/mol. The van der Waals surface area contributed by atoms with Gasteiger partial charge in [0.15, 0.2) is 0 Å². The molecule has 12 heteroatoms. The van der Waals surface area contributed by atoms with Crippen LogP contribution in [0, 0.1) is 5.82 Å². The number of amides is 2. The van der Waals surface area contributed by atoms with E-state index in [1.54, 1.807) is 16.7 Å². The standard InChI is InChI=1S/C24H28F4N6O2/c1-13(2)34-12-18-20(22(34)36)30-23(33-9-7-32(8-10-33)15(4)35)31-21(18)29-14(3)17-6-5-16(11-19(17)25)24(26,27)28/h5-6,11,13-14H,7-10,12H2,1-4H3,(H,29,30,31)/t14-/m1/s1. The number of hydrogen-bond acceptors (Lipinski definition) is 6. The average Bonchev–Trinajstić information content (AvgIpc) is 3.15. The highest BCUT2D eigenvalue weighted by Crippen LogP contribution is 2.35. The molecule has 36 heavy (non-hydrogen) atoms. The van der Waals surface area contributed by atoms with Gasteiger partial charge in [-0.25, -0.2) is 9.37 Å². The van der Waals surface area contributed by atoms with Gasteiger partial charge in [0.25, 0.3) is 5.91 Å². The number of halogens is 4. The molecule has 194 valence electrons. The van der Waals surface area contributed by atoms with Crippen LogP contribution in [0.4, 0.5) is 29.3 Å². The maximum Gasteiger partial charge on any atom is 0.416 e. The quantitative estimate of drug-likeness (QED) is 0.619. The third-order valence-corrected chi connectivity index (χ3v) is 6.57. The normalized spacial score (nSPS) is 17.0. The van der Waals surface area contributed by atoms with Crippen LogP contribution in [0.15, 0.2) is 18.2 Å². The minimum Gasteiger partial charge on any atom is -0.363 e. The molecule has 0 radical (unpaired) electrons. The molecule has 1 fully saturated rings. The fraction of sp³-hybridized carbons (Fsp3) is 0.500. The lowest BCUT2D eigenvalue weighted by atomic mass is 10.0. The first kappa shape index (κ1) is 25.6. The van der Waals surface area contributed by atoms with Gasteiger partial charge in [-0.3, -0.25) is 9.59 Å². The Kier molecular flexibility index (Phi) is 6.80. The first-order valence-electron chi connectivity index (χ1n) is 11.7. The van der Waals surface area contributed by atoms with Crippen molar-refractivity contribution < 1.29 is 27.2 Å². The summed E-state index contributed by atoms with van der Waals surface area (Å²) in [7, 11) is 0. The number of nitrogens with one attached hydrogen (secondary N) is 1. The van der Waals surface area contributed by atoms with Gasteiger partial charge in [0.05, 0.1) is 18.2 Å². The van der Waals surface area contributed by atoms with Crippen LogP contribution in [0.3, 0.4) is 0 Å². The summed E-state index contributed by atoms with van der Waals surface area (Å²) in [5.41, 5.74) is -0.231. The van der Waals surface area contributed by atoms with E-state index in [4.69, 9.17) is 0 Å². The third kappa shape index (κ3) is 4.93. The second-order valence-electron chi connectivity index (χ2n) is 9.32. The second-order valence-corrected chi connectivity index (χ2v) is 9.32. The fourth-order valence-corrected chi connectivity index (χ4v) is 4.41. The Labute approximate surface area is 206 Å². The molecule has 2 aromatic rings. The Morgan fingerprint density at radius 3 is 2.31 bits per heavy atom. The minimum absolute atomic E-state index is 0.0259. The van der Waals surface area contributed by atoms with Gasteiger partial charge in [-0.1, -0.05) is 6.07 Å². The minimum atomic E-state index is -4.65. The third-order valence-electron chi connectivity index (χ3n) is 6.57. The van der Waals surface area contributed by atoms with E-state index >= 15 is 0 Å². The van der Waals surface area contributed by atoms with Crippen molar-refractivity contribution in [3.8, 4) is 0 Å². The number of piperazine rings is 1. The number of carbonyl (C=O) groups excluding carboxylic acids is 2. The number of anilines is 2. The maximum absolute atomic E-state index is 14.6. The highest BCUT2D eigenvalue weighted by atomic mass is 19.4. The van der Waals surface area contributed by atoms with Gasteiger partial charge in [-0.2, -0.15) is 18.2 Å². The van der Waals surface area contributed by atoms with Crippen molar-refractivity contribution in [2.75, 3.05) is 36.4 Å². The molecule has 2 amide bonds. The van der Waals surface area contributed by atoms with Gasteiger partial charge in [-0.15, -0.1) is 0 Å². The summed E-state index contributed by atoms with van der Waals surface area (Å²) in [6.07, 6.45) is -4.65. The number of alkyl halides is 3. The van der Waals surface area contributed by atoms with Gasteiger partial charge < -0.3 is 20.0 Å². The molecule has 0 bridgehead atoms. The largest absolute Gasteiger partial charge is 0.416 e. The summed E-state index contributed by atoms with van der Waals surface area (Å²) in [6, 6.07) is 1.58. The number of aromatic nitrogens is 2. The van der Waals surface area contributed by atoms with Crippen LogP contribution in [0.5, 0.6) is 0 Å². The molecule has 0 saturated carbocycles. The Morgan fingerprint density at radius 2 is 1.75 bits per heavy atom. The molecule has 1 atom stereocenters. The lowest BCUT2D eigenvalue weighted by molar-refractivity contribution is -0.137. The van der Waals surface area contributed by atoms with Gasteiger partial charge >= 0.3 is 6.18 Å². The van der Waals surface area contributed by atoms with Crippen molar-refractivity contribution >= 4 is 23.6 Å². The SMILES string of the molecule is CC(=O)N1CCN(c2nc(N[C@H](C)c3ccc(C(F)(F)F)cc3F)c3c(n2)C(=O)N(C(C)C)C3)CC1. The predicted octanol–water partition coefficient (Wildman–Crippen LogP) is 3.84. The summed E-state index contributed by atoms with van der Waals surface area (Å²) in [5.74, 6) is -0.633. The molecule has 0 aliphatic carbocycles. The van der Waals surface area contributed by atoms with E-state index in [-0.39, 0.29) is 35.7 Å². The molecule has 1 saturated heterocycles. The molecule has 8 nitrogen and oxygen atoms in total. The Bertz CT molecular complexity index is 1180. The summed E-state index contributed by atoms with van der Waals surface area (Å²) in [4.78, 5) is 39.2. The van der Waals surface area contributed by atoms with Crippen molar-refractivity contribution in [3.63, 3.8) is 0 Å². The molecule has 0 unspecified atom stereocenters. The number of benzene rings is 1. The first-order chi connectivity index (χ1) is 16.9. The lowest BCUT2D eigenvalue weighted by Gasteiger charge is -2.34. The van der Waals surface area contributed by atoms with Crippen LogP contribution >= 0.6 is 0 Å². The predicted molar refractivity (Wildman–Crippen MR) is 125 cm³/mol. The lowest BCUT2D eigenvalue weighted by Crippen LogP contribution is -2.48. The average molecular weight is 509 g/mol. The molecule has 1 aromatic heterocycles. The molecule has 2 aliphatic heterocycles. The molecule has 4 rings (SSSR count). The summed E-state index contributed by atoms with van der Waals surface area (Å²) < 4.78 is 53.5. The van der Waals surface area contributed by atoms with Crippen LogP contribution in [-0.4, -0.2) is 63.8 Å². The Balaban J connectivity index is 1.66. The van der Waals surface area contributed by atoms with Crippen molar-refractivity contribution in [1.82, 2.24) is 19.8 Å². The van der Waals surface area contributed by atoms with E-state index < -0.39 is 23.6 Å². The van der Waals surface area contributed by atoms with E-state index in [2.05, 4.69) is 15.3 Å². The van der Waals surface area contributed by atoms with Crippen LogP contribution < -0.4 is 10.2 Å². The summed E-state index contributed by atoms with van der Waals surface area (Å²) in [5, 5.41) is 3.10. The molecule has 1 aromatic carbocycles. The van der Waals surface area contributed by atoms with Gasteiger partial charge in [0.1, 0.15) is 17.3 Å². The number of hydrogen-bond donors (Lipinski definition) is 1. The molecule has 2 aliphatic rings. The van der Waals surface area contributed by atoms with Gasteiger partial charge in [0.2, 0.25) is 11.9 Å². The Morgan fingerprint density at radius 1 is 1.08 bits per heavy atom. The summed E-state index contributed by atoms with van der Waals surface area (Å²) >= 11 is 0. The number of nitrogens with zero attached hydrogens (tertiary/aromatic N) is 5. The van der Waals surface area contributed by atoms with Gasteiger partial charge in [0, 0.05) is 50.3 Å². The van der Waals surface area contributed by atoms with Crippen LogP contribution in [0.2, 0.25) is 0 Å². The van der Waals surface area contributed by atoms with Crippen molar-refractivity contribution in [2.45, 2.75) is 52.5 Å². The number of rotatable bonds is 5. The highest BCUT2D eigenvalue weighted by Gasteiger charge is 2.36. The van der Waals surface area contributed by atoms with Crippen molar-refractivity contribution in [2.24, 2.45) is 0 Å². The maximum atomic E-state index is 14.6. The van der Waals surface area contributed by atoms with E-state index in [1.807, 2.05) is 18.7 Å². The zero-order valence-corrected chi connectivity index (χ0v) is 20.5. The Hall–Kier alpha value is -3.44. The fourth-order valence-electron chi connectivity index (χ4n) is 4.41. The number of carbonyl (C=O) groups is 2. The molecule has 3 heterocycles. The van der Waals surface area contributed by atoms with E-state index in [0.29, 0.717) is 49.6 Å². The monoisotopic (exact) mass is 508 g/mol.